The minimum atomic E-state index is -1.04. The zero-order valence-electron chi connectivity index (χ0n) is 10.9. The van der Waals surface area contributed by atoms with E-state index in [1.807, 2.05) is 23.1 Å². The zero-order chi connectivity index (χ0) is 14.1. The molecule has 0 atom stereocenters. The molecule has 3 rings (SSSR count). The molecule has 2 aromatic rings. The van der Waals surface area contributed by atoms with Gasteiger partial charge < -0.3 is 15.7 Å². The summed E-state index contributed by atoms with van der Waals surface area (Å²) >= 11 is 0. The SMILES string of the molecule is Nc1ccc(C(=O)O)nc1N1CCCc2ccccc21. The third-order valence-electron chi connectivity index (χ3n) is 3.49. The van der Waals surface area contributed by atoms with E-state index in [1.54, 1.807) is 6.07 Å². The molecule has 2 heterocycles. The molecule has 0 radical (unpaired) electrons. The van der Waals surface area contributed by atoms with Crippen LogP contribution in [0.1, 0.15) is 22.5 Å². The van der Waals surface area contributed by atoms with Gasteiger partial charge >= 0.3 is 5.97 Å². The molecular weight excluding hydrogens is 254 g/mol. The standard InChI is InChI=1S/C15H15N3O2/c16-11-7-8-12(15(19)20)17-14(11)18-9-3-5-10-4-1-2-6-13(10)18/h1-2,4,6-8H,3,5,9,16H2,(H,19,20). The normalized spacial score (nSPS) is 13.9. The summed E-state index contributed by atoms with van der Waals surface area (Å²) < 4.78 is 0. The Morgan fingerprint density at radius 1 is 1.25 bits per heavy atom. The Morgan fingerprint density at radius 2 is 2.05 bits per heavy atom. The van der Waals surface area contributed by atoms with Crippen molar-refractivity contribution in [2.45, 2.75) is 12.8 Å². The van der Waals surface area contributed by atoms with Gasteiger partial charge in [0.1, 0.15) is 0 Å². The molecule has 0 saturated carbocycles. The van der Waals surface area contributed by atoms with Gasteiger partial charge in [0.05, 0.1) is 5.69 Å². The van der Waals surface area contributed by atoms with Crippen LogP contribution in [0.15, 0.2) is 36.4 Å². The Hall–Kier alpha value is -2.56. The monoisotopic (exact) mass is 269 g/mol. The Balaban J connectivity index is 2.10. The predicted octanol–water partition coefficient (Wildman–Crippen LogP) is 2.45. The van der Waals surface area contributed by atoms with E-state index in [4.69, 9.17) is 10.8 Å². The average Bonchev–Trinajstić information content (AvgIpc) is 2.47. The Morgan fingerprint density at radius 3 is 2.85 bits per heavy atom. The molecule has 20 heavy (non-hydrogen) atoms. The molecule has 5 nitrogen and oxygen atoms in total. The highest BCUT2D eigenvalue weighted by Gasteiger charge is 2.21. The maximum Gasteiger partial charge on any atom is 0.354 e. The fourth-order valence-corrected chi connectivity index (χ4v) is 2.55. The Labute approximate surface area is 116 Å². The first kappa shape index (κ1) is 12.5. The molecule has 0 fully saturated rings. The van der Waals surface area contributed by atoms with E-state index in [1.165, 1.54) is 11.6 Å². The van der Waals surface area contributed by atoms with Gasteiger partial charge in [-0.1, -0.05) is 18.2 Å². The maximum absolute atomic E-state index is 11.1. The largest absolute Gasteiger partial charge is 0.477 e. The summed E-state index contributed by atoms with van der Waals surface area (Å²) in [6.07, 6.45) is 2.01. The van der Waals surface area contributed by atoms with E-state index >= 15 is 0 Å². The lowest BCUT2D eigenvalue weighted by atomic mass is 10.0. The van der Waals surface area contributed by atoms with Gasteiger partial charge in [-0.2, -0.15) is 0 Å². The van der Waals surface area contributed by atoms with Crippen LogP contribution in [0.4, 0.5) is 17.2 Å². The van der Waals surface area contributed by atoms with Gasteiger partial charge in [-0.25, -0.2) is 9.78 Å². The number of fused-ring (bicyclic) bond motifs is 1. The highest BCUT2D eigenvalue weighted by molar-refractivity contribution is 5.87. The summed E-state index contributed by atoms with van der Waals surface area (Å²) in [7, 11) is 0. The molecule has 0 spiro atoms. The molecule has 0 amide bonds. The van der Waals surface area contributed by atoms with E-state index in [0.29, 0.717) is 11.5 Å². The van der Waals surface area contributed by atoms with Crippen LogP contribution < -0.4 is 10.6 Å². The van der Waals surface area contributed by atoms with Crippen LogP contribution in [0.3, 0.4) is 0 Å². The number of aromatic carboxylic acids is 1. The number of carboxylic acids is 1. The van der Waals surface area contributed by atoms with Crippen molar-refractivity contribution in [2.75, 3.05) is 17.2 Å². The van der Waals surface area contributed by atoms with Gasteiger partial charge in [0.15, 0.2) is 11.5 Å². The summed E-state index contributed by atoms with van der Waals surface area (Å²) in [5, 5.41) is 9.07. The van der Waals surface area contributed by atoms with Crippen molar-refractivity contribution >= 4 is 23.2 Å². The lowest BCUT2D eigenvalue weighted by Crippen LogP contribution is -2.26. The van der Waals surface area contributed by atoms with E-state index in [-0.39, 0.29) is 5.69 Å². The van der Waals surface area contributed by atoms with Gasteiger partial charge in [-0.3, -0.25) is 0 Å². The number of carbonyl (C=O) groups is 1. The first-order valence-corrected chi connectivity index (χ1v) is 6.52. The van der Waals surface area contributed by atoms with Gasteiger partial charge in [-0.15, -0.1) is 0 Å². The maximum atomic E-state index is 11.1. The van der Waals surface area contributed by atoms with E-state index in [2.05, 4.69) is 11.1 Å². The molecule has 0 saturated heterocycles. The second kappa shape index (κ2) is 4.85. The number of aromatic nitrogens is 1. The summed E-state index contributed by atoms with van der Waals surface area (Å²) in [4.78, 5) is 17.3. The fraction of sp³-hybridized carbons (Fsp3) is 0.200. The number of benzene rings is 1. The number of para-hydroxylation sites is 1. The minimum Gasteiger partial charge on any atom is -0.477 e. The summed E-state index contributed by atoms with van der Waals surface area (Å²) in [6.45, 7) is 0.789. The van der Waals surface area contributed by atoms with Crippen LogP contribution in [0.5, 0.6) is 0 Å². The molecule has 1 aromatic carbocycles. The van der Waals surface area contributed by atoms with Gasteiger partial charge in [-0.05, 0) is 36.6 Å². The lowest BCUT2D eigenvalue weighted by molar-refractivity contribution is 0.0690. The number of aryl methyl sites for hydroxylation is 1. The number of nitrogen functional groups attached to an aromatic ring is 1. The number of carboxylic acid groups (broad SMARTS) is 1. The van der Waals surface area contributed by atoms with Crippen LogP contribution in [0.2, 0.25) is 0 Å². The Bertz CT molecular complexity index is 670. The lowest BCUT2D eigenvalue weighted by Gasteiger charge is -2.31. The first-order valence-electron chi connectivity index (χ1n) is 6.52. The first-order chi connectivity index (χ1) is 9.66. The van der Waals surface area contributed by atoms with Crippen LogP contribution in [0.25, 0.3) is 0 Å². The molecule has 1 aliphatic rings. The van der Waals surface area contributed by atoms with E-state index < -0.39 is 5.97 Å². The fourth-order valence-electron chi connectivity index (χ4n) is 2.55. The third kappa shape index (κ3) is 2.07. The van der Waals surface area contributed by atoms with Gasteiger partial charge in [0.25, 0.3) is 0 Å². The molecule has 5 heteroatoms. The number of hydrogen-bond acceptors (Lipinski definition) is 4. The highest BCUT2D eigenvalue weighted by Crippen LogP contribution is 2.35. The average molecular weight is 269 g/mol. The molecule has 0 bridgehead atoms. The number of hydrogen-bond donors (Lipinski definition) is 2. The van der Waals surface area contributed by atoms with Crippen LogP contribution in [-0.2, 0) is 6.42 Å². The van der Waals surface area contributed by atoms with Crippen molar-refractivity contribution in [3.8, 4) is 0 Å². The van der Waals surface area contributed by atoms with Crippen LogP contribution >= 0.6 is 0 Å². The highest BCUT2D eigenvalue weighted by atomic mass is 16.4. The molecular formula is C15H15N3O2. The summed E-state index contributed by atoms with van der Waals surface area (Å²) in [5.41, 5.74) is 8.78. The quantitative estimate of drug-likeness (QED) is 0.875. The van der Waals surface area contributed by atoms with Crippen molar-refractivity contribution in [2.24, 2.45) is 0 Å². The van der Waals surface area contributed by atoms with Gasteiger partial charge in [0, 0.05) is 12.2 Å². The summed E-state index contributed by atoms with van der Waals surface area (Å²) in [5.74, 6) is -0.520. The van der Waals surface area contributed by atoms with Crippen molar-refractivity contribution in [1.29, 1.82) is 0 Å². The predicted molar refractivity (Wildman–Crippen MR) is 77.4 cm³/mol. The zero-order valence-corrected chi connectivity index (χ0v) is 10.9. The van der Waals surface area contributed by atoms with Crippen molar-refractivity contribution in [3.05, 3.63) is 47.7 Å². The molecule has 1 aliphatic heterocycles. The number of rotatable bonds is 2. The molecule has 0 unspecified atom stereocenters. The number of nitrogens with zero attached hydrogens (tertiary/aromatic N) is 2. The number of pyridine rings is 1. The van der Waals surface area contributed by atoms with Crippen LogP contribution in [0, 0.1) is 0 Å². The van der Waals surface area contributed by atoms with Crippen molar-refractivity contribution in [1.82, 2.24) is 4.98 Å². The van der Waals surface area contributed by atoms with Crippen molar-refractivity contribution < 1.29 is 9.90 Å². The van der Waals surface area contributed by atoms with E-state index in [0.717, 1.165) is 25.1 Å². The van der Waals surface area contributed by atoms with Crippen molar-refractivity contribution in [3.63, 3.8) is 0 Å². The topological polar surface area (TPSA) is 79.5 Å². The smallest absolute Gasteiger partial charge is 0.354 e. The van der Waals surface area contributed by atoms with Crippen LogP contribution in [-0.4, -0.2) is 22.6 Å². The summed E-state index contributed by atoms with van der Waals surface area (Å²) in [6, 6.07) is 11.1. The third-order valence-corrected chi connectivity index (χ3v) is 3.49. The number of anilines is 3. The molecule has 102 valence electrons. The molecule has 3 N–H and O–H groups in total. The second-order valence-corrected chi connectivity index (χ2v) is 4.80. The molecule has 0 aliphatic carbocycles. The Kier molecular flexibility index (Phi) is 3.02. The van der Waals surface area contributed by atoms with Gasteiger partial charge in [0.2, 0.25) is 0 Å². The number of nitrogens with two attached hydrogens (primary N) is 1. The minimum absolute atomic E-state index is 0.0113. The molecule has 1 aromatic heterocycles. The van der Waals surface area contributed by atoms with E-state index in [9.17, 15) is 4.79 Å². The second-order valence-electron chi connectivity index (χ2n) is 4.80.